The monoisotopic (exact) mass is 326 g/mol. The third-order valence-electron chi connectivity index (χ3n) is 2.46. The largest absolute Gasteiger partial charge is 0.396 e. The number of benzene rings is 1. The van der Waals surface area contributed by atoms with Gasteiger partial charge in [0.15, 0.2) is 0 Å². The molecular formula is C14H19BrN2O2. The molecular weight excluding hydrogens is 308 g/mol. The van der Waals surface area contributed by atoms with E-state index in [-0.39, 0.29) is 12.6 Å². The van der Waals surface area contributed by atoms with Gasteiger partial charge in [-0.2, -0.15) is 0 Å². The number of halogens is 1. The average molecular weight is 327 g/mol. The first-order chi connectivity index (χ1) is 9.22. The molecule has 0 saturated carbocycles. The minimum Gasteiger partial charge on any atom is -0.396 e. The highest BCUT2D eigenvalue weighted by molar-refractivity contribution is 9.10. The van der Waals surface area contributed by atoms with Gasteiger partial charge in [0.1, 0.15) is 0 Å². The number of aliphatic hydroxyl groups is 1. The average Bonchev–Trinajstić information content (AvgIpc) is 2.38. The van der Waals surface area contributed by atoms with Crippen molar-refractivity contribution in [1.29, 1.82) is 0 Å². The Hall–Kier alpha value is -1.33. The van der Waals surface area contributed by atoms with Gasteiger partial charge in [0.2, 0.25) is 0 Å². The normalized spacial score (nSPS) is 10.6. The van der Waals surface area contributed by atoms with Gasteiger partial charge in [-0.25, -0.2) is 4.79 Å². The lowest BCUT2D eigenvalue weighted by Crippen LogP contribution is -2.32. The topological polar surface area (TPSA) is 61.4 Å². The van der Waals surface area contributed by atoms with Crippen LogP contribution in [0.4, 0.5) is 4.79 Å². The Morgan fingerprint density at radius 3 is 2.89 bits per heavy atom. The van der Waals surface area contributed by atoms with E-state index < -0.39 is 0 Å². The fraction of sp³-hybridized carbons (Fsp3) is 0.357. The van der Waals surface area contributed by atoms with Crippen LogP contribution in [0.5, 0.6) is 0 Å². The molecule has 3 N–H and O–H groups in total. The third kappa shape index (κ3) is 7.64. The van der Waals surface area contributed by atoms with E-state index in [1.807, 2.05) is 30.3 Å². The molecule has 5 heteroatoms. The molecule has 104 valence electrons. The van der Waals surface area contributed by atoms with Gasteiger partial charge in [0, 0.05) is 23.8 Å². The maximum atomic E-state index is 11.4. The van der Waals surface area contributed by atoms with Gasteiger partial charge < -0.3 is 15.7 Å². The van der Waals surface area contributed by atoms with Crippen LogP contribution in [0, 0.1) is 0 Å². The summed E-state index contributed by atoms with van der Waals surface area (Å²) in [6.07, 6.45) is 6.03. The maximum Gasteiger partial charge on any atom is 0.318 e. The molecule has 0 spiro atoms. The molecule has 4 nitrogen and oxygen atoms in total. The molecule has 0 bridgehead atoms. The summed E-state index contributed by atoms with van der Waals surface area (Å²) in [6.45, 7) is 0.831. The molecule has 0 fully saturated rings. The molecule has 0 radical (unpaired) electrons. The molecule has 0 saturated heterocycles. The zero-order chi connectivity index (χ0) is 13.9. The molecule has 19 heavy (non-hydrogen) atoms. The number of unbranched alkanes of at least 4 members (excludes halogenated alkanes) is 2. The van der Waals surface area contributed by atoms with Crippen LogP contribution in [-0.2, 0) is 0 Å². The highest BCUT2D eigenvalue weighted by atomic mass is 79.9. The van der Waals surface area contributed by atoms with E-state index in [9.17, 15) is 4.79 Å². The quantitative estimate of drug-likeness (QED) is 0.675. The zero-order valence-corrected chi connectivity index (χ0v) is 12.3. The number of carbonyl (C=O) groups excluding carboxylic acids is 1. The van der Waals surface area contributed by atoms with Gasteiger partial charge in [-0.05, 0) is 43.0 Å². The number of urea groups is 1. The molecule has 0 heterocycles. The summed E-state index contributed by atoms with van der Waals surface area (Å²) >= 11 is 3.39. The van der Waals surface area contributed by atoms with Crippen molar-refractivity contribution in [2.45, 2.75) is 19.3 Å². The standard InChI is InChI=1S/C14H19BrN2O2/c15-13-6-4-5-12(11-13)7-9-17-14(19)16-8-2-1-3-10-18/h4-7,9,11,18H,1-3,8,10H2,(H2,16,17,19)/b9-7+. The predicted molar refractivity (Wildman–Crippen MR) is 80.6 cm³/mol. The van der Waals surface area contributed by atoms with Crippen LogP contribution in [-0.4, -0.2) is 24.3 Å². The summed E-state index contributed by atoms with van der Waals surface area (Å²) in [5, 5.41) is 14.0. The Kier molecular flexibility index (Phi) is 7.93. The molecule has 0 unspecified atom stereocenters. The summed E-state index contributed by atoms with van der Waals surface area (Å²) in [7, 11) is 0. The lowest BCUT2D eigenvalue weighted by atomic mass is 10.2. The van der Waals surface area contributed by atoms with E-state index in [1.54, 1.807) is 6.20 Å². The summed E-state index contributed by atoms with van der Waals surface area (Å²) < 4.78 is 1.00. The lowest BCUT2D eigenvalue weighted by Gasteiger charge is -2.03. The summed E-state index contributed by atoms with van der Waals surface area (Å²) in [5.74, 6) is 0. The molecule has 2 amide bonds. The number of hydrogen-bond acceptors (Lipinski definition) is 2. The van der Waals surface area contributed by atoms with Gasteiger partial charge in [-0.15, -0.1) is 0 Å². The van der Waals surface area contributed by atoms with Crippen LogP contribution in [0.15, 0.2) is 34.9 Å². The van der Waals surface area contributed by atoms with E-state index in [0.29, 0.717) is 6.54 Å². The Morgan fingerprint density at radius 1 is 1.32 bits per heavy atom. The van der Waals surface area contributed by atoms with Gasteiger partial charge in [-0.3, -0.25) is 0 Å². The van der Waals surface area contributed by atoms with Crippen molar-refractivity contribution in [2.24, 2.45) is 0 Å². The second-order valence-corrected chi connectivity index (χ2v) is 4.99. The second kappa shape index (κ2) is 9.58. The van der Waals surface area contributed by atoms with Crippen LogP contribution in [0.25, 0.3) is 6.08 Å². The fourth-order valence-corrected chi connectivity index (χ4v) is 1.91. The molecule has 0 aromatic heterocycles. The Balaban J connectivity index is 2.19. The van der Waals surface area contributed by atoms with Crippen molar-refractivity contribution in [3.8, 4) is 0 Å². The van der Waals surface area contributed by atoms with Gasteiger partial charge in [0.05, 0.1) is 0 Å². The lowest BCUT2D eigenvalue weighted by molar-refractivity contribution is 0.243. The molecule has 0 aliphatic heterocycles. The number of aliphatic hydroxyl groups excluding tert-OH is 1. The van der Waals surface area contributed by atoms with Crippen LogP contribution in [0.1, 0.15) is 24.8 Å². The minimum absolute atomic E-state index is 0.210. The van der Waals surface area contributed by atoms with E-state index >= 15 is 0 Å². The zero-order valence-electron chi connectivity index (χ0n) is 10.7. The number of hydrogen-bond donors (Lipinski definition) is 3. The van der Waals surface area contributed by atoms with E-state index in [2.05, 4.69) is 26.6 Å². The first kappa shape index (κ1) is 15.7. The van der Waals surface area contributed by atoms with Crippen molar-refractivity contribution < 1.29 is 9.90 Å². The molecule has 0 aliphatic carbocycles. The van der Waals surface area contributed by atoms with Crippen LogP contribution in [0.3, 0.4) is 0 Å². The second-order valence-electron chi connectivity index (χ2n) is 4.07. The fourth-order valence-electron chi connectivity index (χ4n) is 1.49. The van der Waals surface area contributed by atoms with Crippen molar-refractivity contribution >= 4 is 28.0 Å². The van der Waals surface area contributed by atoms with Crippen LogP contribution >= 0.6 is 15.9 Å². The number of rotatable bonds is 7. The first-order valence-corrected chi connectivity index (χ1v) is 7.09. The Labute approximate surface area is 122 Å². The number of carbonyl (C=O) groups is 1. The number of nitrogens with one attached hydrogen (secondary N) is 2. The minimum atomic E-state index is -0.213. The van der Waals surface area contributed by atoms with Crippen LogP contribution in [0.2, 0.25) is 0 Å². The van der Waals surface area contributed by atoms with E-state index in [0.717, 1.165) is 29.3 Å². The smallest absolute Gasteiger partial charge is 0.318 e. The first-order valence-electron chi connectivity index (χ1n) is 6.29. The van der Waals surface area contributed by atoms with Crippen LogP contribution < -0.4 is 10.6 Å². The van der Waals surface area contributed by atoms with Gasteiger partial charge in [-0.1, -0.05) is 28.1 Å². The highest BCUT2D eigenvalue weighted by Gasteiger charge is 1.95. The molecule has 1 aromatic rings. The molecule has 0 aliphatic rings. The maximum absolute atomic E-state index is 11.4. The third-order valence-corrected chi connectivity index (χ3v) is 2.95. The predicted octanol–water partition coefficient (Wildman–Crippen LogP) is 2.88. The molecule has 1 rings (SSSR count). The highest BCUT2D eigenvalue weighted by Crippen LogP contribution is 2.12. The van der Waals surface area contributed by atoms with E-state index in [1.165, 1.54) is 0 Å². The van der Waals surface area contributed by atoms with Crippen molar-refractivity contribution in [3.05, 3.63) is 40.5 Å². The SMILES string of the molecule is O=C(N/C=C/c1cccc(Br)c1)NCCCCCO. The van der Waals surface area contributed by atoms with Gasteiger partial charge in [0.25, 0.3) is 0 Å². The van der Waals surface area contributed by atoms with E-state index in [4.69, 9.17) is 5.11 Å². The van der Waals surface area contributed by atoms with Crippen molar-refractivity contribution in [1.82, 2.24) is 10.6 Å². The Morgan fingerprint density at radius 2 is 2.16 bits per heavy atom. The van der Waals surface area contributed by atoms with Crippen molar-refractivity contribution in [2.75, 3.05) is 13.2 Å². The number of amides is 2. The molecule has 1 aromatic carbocycles. The Bertz CT molecular complexity index is 422. The van der Waals surface area contributed by atoms with Crippen molar-refractivity contribution in [3.63, 3.8) is 0 Å². The molecule has 0 atom stereocenters. The summed E-state index contributed by atoms with van der Waals surface area (Å²) in [5.41, 5.74) is 1.01. The summed E-state index contributed by atoms with van der Waals surface area (Å²) in [4.78, 5) is 11.4. The van der Waals surface area contributed by atoms with Gasteiger partial charge >= 0.3 is 6.03 Å². The summed E-state index contributed by atoms with van der Waals surface area (Å²) in [6, 6.07) is 7.59.